The smallest absolute Gasteiger partial charge is 0.0888 e. The third-order valence-electron chi connectivity index (χ3n) is 6.34. The van der Waals surface area contributed by atoms with Crippen molar-refractivity contribution in [3.05, 3.63) is 65.7 Å². The molecule has 2 aromatic rings. The maximum atomic E-state index is 6.69. The van der Waals surface area contributed by atoms with Crippen LogP contribution in [-0.4, -0.2) is 18.2 Å². The van der Waals surface area contributed by atoms with Crippen LogP contribution in [0.3, 0.4) is 0 Å². The second kappa shape index (κ2) is 7.08. The Morgan fingerprint density at radius 2 is 1.81 bits per heavy atom. The van der Waals surface area contributed by atoms with Crippen LogP contribution in [0.5, 0.6) is 0 Å². The van der Waals surface area contributed by atoms with E-state index in [4.69, 9.17) is 4.74 Å². The molecule has 1 saturated heterocycles. The van der Waals surface area contributed by atoms with Gasteiger partial charge in [-0.15, -0.1) is 0 Å². The summed E-state index contributed by atoms with van der Waals surface area (Å²) in [5, 5.41) is 3.87. The normalized spacial score (nSPS) is 29.9. The van der Waals surface area contributed by atoms with Gasteiger partial charge in [0.2, 0.25) is 0 Å². The monoisotopic (exact) mass is 349 g/mol. The lowest BCUT2D eigenvalue weighted by atomic mass is 9.69. The van der Waals surface area contributed by atoms with Crippen molar-refractivity contribution in [1.82, 2.24) is 0 Å². The number of ether oxygens (including phenoxy) is 1. The standard InChI is InChI=1S/C24H31NO/c1-4-24(15-17(2)3)23-22(20-12-8-9-13-21(20)25-23)19(16-26-24)14-18-10-6-5-7-11-18/h5-13,17,19,22-23,25H,4,14-16H2,1-3H3. The molecule has 4 rings (SSSR count). The molecule has 2 aliphatic rings. The summed E-state index contributed by atoms with van der Waals surface area (Å²) in [5.74, 6) is 1.68. The Morgan fingerprint density at radius 1 is 1.08 bits per heavy atom. The zero-order valence-corrected chi connectivity index (χ0v) is 16.2. The highest BCUT2D eigenvalue weighted by Gasteiger charge is 2.53. The molecule has 0 aliphatic carbocycles. The van der Waals surface area contributed by atoms with Gasteiger partial charge in [-0.05, 0) is 48.3 Å². The molecular weight excluding hydrogens is 318 g/mol. The molecule has 0 radical (unpaired) electrons. The number of rotatable bonds is 5. The van der Waals surface area contributed by atoms with E-state index in [2.05, 4.69) is 80.7 Å². The van der Waals surface area contributed by atoms with Crippen molar-refractivity contribution in [2.75, 3.05) is 11.9 Å². The lowest BCUT2D eigenvalue weighted by molar-refractivity contribution is -0.127. The van der Waals surface area contributed by atoms with E-state index in [1.807, 2.05) is 0 Å². The van der Waals surface area contributed by atoms with Gasteiger partial charge in [0.15, 0.2) is 0 Å². The zero-order valence-electron chi connectivity index (χ0n) is 16.2. The van der Waals surface area contributed by atoms with Gasteiger partial charge < -0.3 is 10.1 Å². The molecule has 0 saturated carbocycles. The van der Waals surface area contributed by atoms with Gasteiger partial charge in [0.25, 0.3) is 0 Å². The van der Waals surface area contributed by atoms with Crippen LogP contribution in [0, 0.1) is 11.8 Å². The first-order chi connectivity index (χ1) is 12.6. The highest BCUT2D eigenvalue weighted by Crippen LogP contribution is 2.51. The van der Waals surface area contributed by atoms with E-state index in [-0.39, 0.29) is 5.60 Å². The lowest BCUT2D eigenvalue weighted by Gasteiger charge is -2.49. The first kappa shape index (κ1) is 17.6. The number of hydrogen-bond acceptors (Lipinski definition) is 2. The summed E-state index contributed by atoms with van der Waals surface area (Å²) in [6, 6.07) is 20.2. The SMILES string of the molecule is CCC1(CC(C)C)OCC(Cc2ccccc2)C2c3ccccc3NC21. The third-order valence-corrected chi connectivity index (χ3v) is 6.34. The van der Waals surface area contributed by atoms with Crippen LogP contribution in [-0.2, 0) is 11.2 Å². The van der Waals surface area contributed by atoms with Crippen molar-refractivity contribution in [3.8, 4) is 0 Å². The van der Waals surface area contributed by atoms with Crippen LogP contribution >= 0.6 is 0 Å². The predicted molar refractivity (Wildman–Crippen MR) is 109 cm³/mol. The highest BCUT2D eigenvalue weighted by atomic mass is 16.5. The molecule has 4 unspecified atom stereocenters. The third kappa shape index (κ3) is 3.05. The fraction of sp³-hybridized carbons (Fsp3) is 0.500. The molecule has 0 amide bonds. The van der Waals surface area contributed by atoms with E-state index in [0.717, 1.165) is 25.9 Å². The number of fused-ring (bicyclic) bond motifs is 3. The first-order valence-electron chi connectivity index (χ1n) is 10.2. The number of hydrogen-bond donors (Lipinski definition) is 1. The minimum absolute atomic E-state index is 0.0644. The molecule has 138 valence electrons. The Balaban J connectivity index is 1.70. The van der Waals surface area contributed by atoms with Gasteiger partial charge in [-0.25, -0.2) is 0 Å². The summed E-state index contributed by atoms with van der Waals surface area (Å²) < 4.78 is 6.69. The molecule has 0 bridgehead atoms. The Morgan fingerprint density at radius 3 is 2.54 bits per heavy atom. The van der Waals surface area contributed by atoms with E-state index in [9.17, 15) is 0 Å². The summed E-state index contributed by atoms with van der Waals surface area (Å²) in [4.78, 5) is 0. The topological polar surface area (TPSA) is 21.3 Å². The molecule has 2 heterocycles. The molecule has 2 aliphatic heterocycles. The lowest BCUT2D eigenvalue weighted by Crippen LogP contribution is -2.56. The van der Waals surface area contributed by atoms with Gasteiger partial charge in [-0.1, -0.05) is 69.3 Å². The number of para-hydroxylation sites is 1. The van der Waals surface area contributed by atoms with Crippen LogP contribution < -0.4 is 5.32 Å². The molecule has 1 fully saturated rings. The number of anilines is 1. The van der Waals surface area contributed by atoms with Crippen molar-refractivity contribution in [3.63, 3.8) is 0 Å². The summed E-state index contributed by atoms with van der Waals surface area (Å²) >= 11 is 0. The van der Waals surface area contributed by atoms with E-state index < -0.39 is 0 Å². The minimum Gasteiger partial charge on any atom is -0.379 e. The second-order valence-corrected chi connectivity index (χ2v) is 8.51. The summed E-state index contributed by atoms with van der Waals surface area (Å²) in [5.41, 5.74) is 4.15. The van der Waals surface area contributed by atoms with Gasteiger partial charge in [-0.2, -0.15) is 0 Å². The van der Waals surface area contributed by atoms with Crippen molar-refractivity contribution in [2.24, 2.45) is 11.8 Å². The Labute approximate surface area is 158 Å². The van der Waals surface area contributed by atoms with Crippen LogP contribution in [0.4, 0.5) is 5.69 Å². The van der Waals surface area contributed by atoms with Crippen LogP contribution in [0.1, 0.15) is 50.7 Å². The molecule has 0 aromatic heterocycles. The highest BCUT2D eigenvalue weighted by molar-refractivity contribution is 5.61. The number of nitrogens with one attached hydrogen (secondary N) is 1. The molecule has 2 heteroatoms. The van der Waals surface area contributed by atoms with Crippen LogP contribution in [0.2, 0.25) is 0 Å². The molecular formula is C24H31NO. The average molecular weight is 350 g/mol. The number of benzene rings is 2. The van der Waals surface area contributed by atoms with E-state index in [0.29, 0.717) is 23.8 Å². The molecule has 0 spiro atoms. The van der Waals surface area contributed by atoms with E-state index in [1.54, 1.807) is 0 Å². The molecule has 2 nitrogen and oxygen atoms in total. The maximum absolute atomic E-state index is 6.69. The van der Waals surface area contributed by atoms with Gasteiger partial charge >= 0.3 is 0 Å². The van der Waals surface area contributed by atoms with Crippen LogP contribution in [0.25, 0.3) is 0 Å². The molecule has 4 atom stereocenters. The predicted octanol–water partition coefficient (Wildman–Crippen LogP) is 5.65. The maximum Gasteiger partial charge on any atom is 0.0888 e. The summed E-state index contributed by atoms with van der Waals surface area (Å²) in [6.45, 7) is 7.77. The zero-order chi connectivity index (χ0) is 18.1. The van der Waals surface area contributed by atoms with Crippen molar-refractivity contribution in [2.45, 2.75) is 57.6 Å². The Kier molecular flexibility index (Phi) is 4.79. The largest absolute Gasteiger partial charge is 0.379 e. The Bertz CT molecular complexity index is 741. The first-order valence-corrected chi connectivity index (χ1v) is 10.2. The van der Waals surface area contributed by atoms with Crippen molar-refractivity contribution in [1.29, 1.82) is 0 Å². The van der Waals surface area contributed by atoms with Crippen LogP contribution in [0.15, 0.2) is 54.6 Å². The molecule has 1 N–H and O–H groups in total. The fourth-order valence-corrected chi connectivity index (χ4v) is 5.25. The van der Waals surface area contributed by atoms with Crippen molar-refractivity contribution >= 4 is 5.69 Å². The Hall–Kier alpha value is -1.80. The van der Waals surface area contributed by atoms with E-state index >= 15 is 0 Å². The minimum atomic E-state index is -0.0644. The van der Waals surface area contributed by atoms with Gasteiger partial charge in [0.05, 0.1) is 18.2 Å². The molecule has 2 aromatic carbocycles. The molecule has 26 heavy (non-hydrogen) atoms. The second-order valence-electron chi connectivity index (χ2n) is 8.51. The van der Waals surface area contributed by atoms with Gasteiger partial charge in [0.1, 0.15) is 0 Å². The summed E-state index contributed by atoms with van der Waals surface area (Å²) in [7, 11) is 0. The summed E-state index contributed by atoms with van der Waals surface area (Å²) in [6.07, 6.45) is 3.26. The van der Waals surface area contributed by atoms with Gasteiger partial charge in [-0.3, -0.25) is 0 Å². The fourth-order valence-electron chi connectivity index (χ4n) is 5.25. The van der Waals surface area contributed by atoms with Crippen molar-refractivity contribution < 1.29 is 4.74 Å². The average Bonchev–Trinajstić information content (AvgIpc) is 3.05. The van der Waals surface area contributed by atoms with E-state index in [1.165, 1.54) is 16.8 Å². The quantitative estimate of drug-likeness (QED) is 0.753. The van der Waals surface area contributed by atoms with Gasteiger partial charge in [0, 0.05) is 11.6 Å².